The first-order valence-electron chi connectivity index (χ1n) is 12.1. The van der Waals surface area contributed by atoms with Crippen molar-refractivity contribution in [3.8, 4) is 5.75 Å². The molecule has 1 N–H and O–H groups in total. The maximum absolute atomic E-state index is 14.7. The number of hydrogen-bond donors (Lipinski definition) is 1. The molecule has 9 heteroatoms. The lowest BCUT2D eigenvalue weighted by atomic mass is 9.85. The molecule has 0 aromatic heterocycles. The van der Waals surface area contributed by atoms with Crippen LogP contribution in [-0.4, -0.2) is 58.3 Å². The normalized spacial score (nSPS) is 22.6. The van der Waals surface area contributed by atoms with Gasteiger partial charge in [-0.05, 0) is 78.0 Å². The molecule has 0 bridgehead atoms. The molecule has 2 aliphatic heterocycles. The summed E-state index contributed by atoms with van der Waals surface area (Å²) in [5, 5.41) is 0. The number of benzene rings is 1. The Morgan fingerprint density at radius 3 is 2.60 bits per heavy atom. The Labute approximate surface area is 211 Å². The maximum atomic E-state index is 14.7. The van der Waals surface area contributed by atoms with Gasteiger partial charge < -0.3 is 23.7 Å². The van der Waals surface area contributed by atoms with Crippen molar-refractivity contribution in [2.24, 2.45) is 5.92 Å². The van der Waals surface area contributed by atoms with E-state index in [1.54, 1.807) is 37.8 Å². The van der Waals surface area contributed by atoms with E-state index in [1.165, 1.54) is 6.07 Å². The molecule has 0 saturated carbocycles. The molecule has 2 fully saturated rings. The summed E-state index contributed by atoms with van der Waals surface area (Å²) >= 11 is -1.39. The van der Waals surface area contributed by atoms with Crippen LogP contribution in [0.25, 0.3) is 0 Å². The van der Waals surface area contributed by atoms with Gasteiger partial charge in [-0.15, -0.1) is 4.72 Å². The number of carbonyl (C=O) groups is 1. The number of nitrogens with zero attached hydrogens (tertiary/aromatic N) is 1. The standard InChI is InChI=1S/C26H39FN2O5S/c1-8-13-32-21-14-17(2)20(27)15-19(21)23(28-35(31)25(3,4)5)18-9-11-29(12-10-18)24(30)22-16-33-26(6,7)34-22/h8,14-15,18,22-23,28H,1,9-13,16H2,2-7H3/t22-,23+,35+/m1/s1. The molecule has 2 saturated heterocycles. The first kappa shape index (κ1) is 27.9. The fraction of sp³-hybridized carbons (Fsp3) is 0.654. The predicted molar refractivity (Wildman–Crippen MR) is 135 cm³/mol. The molecule has 35 heavy (non-hydrogen) atoms. The zero-order chi connectivity index (χ0) is 26.0. The van der Waals surface area contributed by atoms with E-state index in [2.05, 4.69) is 11.3 Å². The Morgan fingerprint density at radius 2 is 2.06 bits per heavy atom. The highest BCUT2D eigenvalue weighted by molar-refractivity contribution is 7.90. The quantitative estimate of drug-likeness (QED) is 0.417. The lowest BCUT2D eigenvalue weighted by molar-refractivity contribution is -0.161. The molecule has 0 unspecified atom stereocenters. The van der Waals surface area contributed by atoms with Crippen LogP contribution in [-0.2, 0) is 25.6 Å². The van der Waals surface area contributed by atoms with E-state index in [4.69, 9.17) is 14.2 Å². The van der Waals surface area contributed by atoms with Gasteiger partial charge in [0.15, 0.2) is 11.9 Å². The fourth-order valence-corrected chi connectivity index (χ4v) is 5.26. The number of piperidine rings is 1. The van der Waals surface area contributed by atoms with Crippen molar-refractivity contribution in [3.05, 3.63) is 41.7 Å². The molecule has 1 amide bonds. The lowest BCUT2D eigenvalue weighted by Gasteiger charge is -2.38. The second kappa shape index (κ2) is 11.2. The van der Waals surface area contributed by atoms with Crippen LogP contribution in [0.15, 0.2) is 24.8 Å². The van der Waals surface area contributed by atoms with Crippen molar-refractivity contribution < 1.29 is 27.9 Å². The molecule has 3 atom stereocenters. The number of ether oxygens (including phenoxy) is 3. The highest BCUT2D eigenvalue weighted by Crippen LogP contribution is 2.39. The topological polar surface area (TPSA) is 83.1 Å². The largest absolute Gasteiger partial charge is 0.598 e. The second-order valence-electron chi connectivity index (χ2n) is 10.7. The average Bonchev–Trinajstić information content (AvgIpc) is 3.16. The Morgan fingerprint density at radius 1 is 1.40 bits per heavy atom. The minimum absolute atomic E-state index is 0.0238. The van der Waals surface area contributed by atoms with E-state index in [0.717, 1.165) is 0 Å². The number of halogens is 1. The van der Waals surface area contributed by atoms with Gasteiger partial charge in [0.05, 0.1) is 12.6 Å². The monoisotopic (exact) mass is 510 g/mol. The molecule has 3 rings (SSSR count). The van der Waals surface area contributed by atoms with Crippen LogP contribution in [0.1, 0.15) is 64.6 Å². The van der Waals surface area contributed by atoms with E-state index < -0.39 is 34.0 Å². The summed E-state index contributed by atoms with van der Waals surface area (Å²) in [6.45, 7) is 16.2. The van der Waals surface area contributed by atoms with Crippen LogP contribution < -0.4 is 9.46 Å². The molecular formula is C26H39FN2O5S. The maximum Gasteiger partial charge on any atom is 0.254 e. The minimum Gasteiger partial charge on any atom is -0.598 e. The zero-order valence-electron chi connectivity index (χ0n) is 21.7. The molecule has 0 spiro atoms. The number of nitrogens with one attached hydrogen (secondary N) is 1. The van der Waals surface area contributed by atoms with Crippen LogP contribution >= 0.6 is 0 Å². The molecule has 7 nitrogen and oxygen atoms in total. The van der Waals surface area contributed by atoms with Gasteiger partial charge in [0.2, 0.25) is 0 Å². The summed E-state index contributed by atoms with van der Waals surface area (Å²) in [7, 11) is 0. The third kappa shape index (κ3) is 6.98. The third-order valence-electron chi connectivity index (χ3n) is 6.38. The molecular weight excluding hydrogens is 471 g/mol. The highest BCUT2D eigenvalue weighted by atomic mass is 32.2. The van der Waals surface area contributed by atoms with Crippen LogP contribution in [0.3, 0.4) is 0 Å². The van der Waals surface area contributed by atoms with Gasteiger partial charge in [-0.2, -0.15) is 0 Å². The summed E-state index contributed by atoms with van der Waals surface area (Å²) in [6, 6.07) is 2.75. The van der Waals surface area contributed by atoms with Crippen LogP contribution in [0.4, 0.5) is 4.39 Å². The number of carbonyl (C=O) groups excluding carboxylic acids is 1. The van der Waals surface area contributed by atoms with Crippen LogP contribution in [0, 0.1) is 18.7 Å². The van der Waals surface area contributed by atoms with Crippen molar-refractivity contribution in [1.82, 2.24) is 9.62 Å². The number of hydrogen-bond acceptors (Lipinski definition) is 6. The summed E-state index contributed by atoms with van der Waals surface area (Å²) in [5.41, 5.74) is 1.11. The minimum atomic E-state index is -1.39. The Kier molecular flexibility index (Phi) is 8.91. The first-order valence-corrected chi connectivity index (χ1v) is 13.3. The summed E-state index contributed by atoms with van der Waals surface area (Å²) < 4.78 is 47.8. The van der Waals surface area contributed by atoms with E-state index >= 15 is 0 Å². The molecule has 2 heterocycles. The highest BCUT2D eigenvalue weighted by Gasteiger charge is 2.41. The Hall–Kier alpha value is -1.65. The number of likely N-dealkylation sites (tertiary alicyclic amines) is 1. The van der Waals surface area contributed by atoms with Gasteiger partial charge in [0, 0.05) is 30.0 Å². The number of amides is 1. The van der Waals surface area contributed by atoms with Crippen molar-refractivity contribution in [2.75, 3.05) is 26.3 Å². The smallest absolute Gasteiger partial charge is 0.254 e. The van der Waals surface area contributed by atoms with Crippen LogP contribution in [0.2, 0.25) is 0 Å². The lowest BCUT2D eigenvalue weighted by Crippen LogP contribution is -2.48. The van der Waals surface area contributed by atoms with Gasteiger partial charge in [-0.25, -0.2) is 4.39 Å². The second-order valence-corrected chi connectivity index (χ2v) is 12.7. The van der Waals surface area contributed by atoms with E-state index in [-0.39, 0.29) is 30.9 Å². The Bertz CT molecular complexity index is 912. The van der Waals surface area contributed by atoms with E-state index in [9.17, 15) is 13.7 Å². The van der Waals surface area contributed by atoms with Gasteiger partial charge in [-0.3, -0.25) is 4.79 Å². The van der Waals surface area contributed by atoms with Crippen molar-refractivity contribution in [2.45, 2.75) is 77.1 Å². The van der Waals surface area contributed by atoms with Gasteiger partial charge in [0.1, 0.15) is 22.9 Å². The first-order chi connectivity index (χ1) is 16.3. The van der Waals surface area contributed by atoms with Crippen molar-refractivity contribution in [1.29, 1.82) is 0 Å². The molecule has 1 aromatic rings. The number of aryl methyl sites for hydroxylation is 1. The SMILES string of the molecule is C=CCOc1cc(C)c(F)cc1[C@@H](N[S@@+]([O-])C(C)(C)C)C1CCN(C(=O)[C@H]2COC(C)(C)O2)CC1. The summed E-state index contributed by atoms with van der Waals surface area (Å²) in [6.07, 6.45) is 2.36. The van der Waals surface area contributed by atoms with Crippen LogP contribution in [0.5, 0.6) is 5.75 Å². The number of rotatable bonds is 8. The van der Waals surface area contributed by atoms with Crippen molar-refractivity contribution in [3.63, 3.8) is 0 Å². The van der Waals surface area contributed by atoms with Gasteiger partial charge >= 0.3 is 0 Å². The van der Waals surface area contributed by atoms with E-state index in [1.807, 2.05) is 20.8 Å². The molecule has 2 aliphatic rings. The Balaban J connectivity index is 1.82. The molecule has 1 aromatic carbocycles. The predicted octanol–water partition coefficient (Wildman–Crippen LogP) is 4.18. The summed E-state index contributed by atoms with van der Waals surface area (Å²) in [4.78, 5) is 14.8. The zero-order valence-corrected chi connectivity index (χ0v) is 22.5. The third-order valence-corrected chi connectivity index (χ3v) is 7.96. The fourth-order valence-electron chi connectivity index (χ4n) is 4.36. The molecule has 0 aliphatic carbocycles. The van der Waals surface area contributed by atoms with Gasteiger partial charge in [0.25, 0.3) is 5.91 Å². The van der Waals surface area contributed by atoms with Gasteiger partial charge in [-0.1, -0.05) is 12.7 Å². The molecule has 0 radical (unpaired) electrons. The van der Waals surface area contributed by atoms with E-state index in [0.29, 0.717) is 42.8 Å². The average molecular weight is 511 g/mol. The summed E-state index contributed by atoms with van der Waals surface area (Å²) in [5.74, 6) is -0.608. The molecule has 196 valence electrons. The van der Waals surface area contributed by atoms with Crippen molar-refractivity contribution >= 4 is 17.3 Å².